The molecule has 2 aromatic carbocycles. The lowest BCUT2D eigenvalue weighted by Crippen LogP contribution is -2.31. The summed E-state index contributed by atoms with van der Waals surface area (Å²) in [5.41, 5.74) is 2.07. The van der Waals surface area contributed by atoms with Gasteiger partial charge in [-0.3, -0.25) is 4.79 Å². The number of hydrogen-bond acceptors (Lipinski definition) is 4. The molecule has 1 heterocycles. The molecule has 0 N–H and O–H groups in total. The second kappa shape index (κ2) is 10.3. The van der Waals surface area contributed by atoms with Gasteiger partial charge in [0.15, 0.2) is 0 Å². The number of nitrogens with zero attached hydrogens (tertiary/aromatic N) is 2. The van der Waals surface area contributed by atoms with Gasteiger partial charge in [-0.2, -0.15) is 4.31 Å². The van der Waals surface area contributed by atoms with Crippen LogP contribution < -0.4 is 4.74 Å². The molecule has 0 spiro atoms. The predicted molar refractivity (Wildman–Crippen MR) is 122 cm³/mol. The van der Waals surface area contributed by atoms with E-state index < -0.39 is 10.0 Å². The van der Waals surface area contributed by atoms with Crippen molar-refractivity contribution in [2.24, 2.45) is 0 Å². The number of amides is 1. The summed E-state index contributed by atoms with van der Waals surface area (Å²) in [6.45, 7) is 5.32. The van der Waals surface area contributed by atoms with Crippen LogP contribution in [0.25, 0.3) is 0 Å². The molecule has 1 fully saturated rings. The van der Waals surface area contributed by atoms with Crippen molar-refractivity contribution >= 4 is 15.9 Å². The summed E-state index contributed by atoms with van der Waals surface area (Å²) in [6, 6.07) is 14.9. The average Bonchev–Trinajstić information content (AvgIpc) is 3.28. The summed E-state index contributed by atoms with van der Waals surface area (Å²) in [4.78, 5) is 15.2. The summed E-state index contributed by atoms with van der Waals surface area (Å²) in [5.74, 6) is 0.932. The SMILES string of the molecule is CCN(CC)S(=O)(=O)c1ccc(CCC(=O)N2CCCC2c2cccc(OC)c2)cc1. The number of likely N-dealkylation sites (tertiary alicyclic amines) is 1. The second-order valence-corrected chi connectivity index (χ2v) is 9.69. The molecule has 168 valence electrons. The molecule has 1 atom stereocenters. The van der Waals surface area contributed by atoms with Gasteiger partial charge in [-0.1, -0.05) is 38.1 Å². The topological polar surface area (TPSA) is 66.9 Å². The van der Waals surface area contributed by atoms with E-state index in [4.69, 9.17) is 4.74 Å². The number of carbonyl (C=O) groups is 1. The number of carbonyl (C=O) groups excluding carboxylic acids is 1. The molecule has 0 aliphatic carbocycles. The Kier molecular flexibility index (Phi) is 7.73. The van der Waals surface area contributed by atoms with Gasteiger partial charge in [0, 0.05) is 26.1 Å². The van der Waals surface area contributed by atoms with E-state index in [1.807, 2.05) is 55.1 Å². The van der Waals surface area contributed by atoms with Crippen LogP contribution in [0, 0.1) is 0 Å². The minimum absolute atomic E-state index is 0.0872. The van der Waals surface area contributed by atoms with Crippen molar-refractivity contribution in [3.63, 3.8) is 0 Å². The first-order valence-electron chi connectivity index (χ1n) is 10.9. The molecule has 2 aromatic rings. The molecule has 0 bridgehead atoms. The Labute approximate surface area is 185 Å². The van der Waals surface area contributed by atoms with Crippen LogP contribution in [-0.2, 0) is 21.2 Å². The van der Waals surface area contributed by atoms with Crippen LogP contribution in [0.5, 0.6) is 5.75 Å². The molecule has 0 aromatic heterocycles. The van der Waals surface area contributed by atoms with Crippen molar-refractivity contribution in [2.75, 3.05) is 26.7 Å². The highest BCUT2D eigenvalue weighted by Crippen LogP contribution is 2.34. The van der Waals surface area contributed by atoms with Crippen LogP contribution in [0.1, 0.15) is 50.3 Å². The van der Waals surface area contributed by atoms with Crippen molar-refractivity contribution in [1.29, 1.82) is 0 Å². The second-order valence-electron chi connectivity index (χ2n) is 7.76. The van der Waals surface area contributed by atoms with E-state index in [1.54, 1.807) is 19.2 Å². The van der Waals surface area contributed by atoms with Gasteiger partial charge in [0.05, 0.1) is 18.0 Å². The summed E-state index contributed by atoms with van der Waals surface area (Å²) in [7, 11) is -1.81. The molecule has 31 heavy (non-hydrogen) atoms. The van der Waals surface area contributed by atoms with Gasteiger partial charge in [0.25, 0.3) is 0 Å². The van der Waals surface area contributed by atoms with Crippen molar-refractivity contribution in [2.45, 2.75) is 50.5 Å². The smallest absolute Gasteiger partial charge is 0.243 e. The van der Waals surface area contributed by atoms with Gasteiger partial charge in [0.1, 0.15) is 5.75 Å². The molecule has 7 heteroatoms. The van der Waals surface area contributed by atoms with Gasteiger partial charge in [-0.05, 0) is 54.7 Å². The van der Waals surface area contributed by atoms with Crippen molar-refractivity contribution in [3.8, 4) is 5.75 Å². The van der Waals surface area contributed by atoms with Crippen molar-refractivity contribution in [3.05, 3.63) is 59.7 Å². The lowest BCUT2D eigenvalue weighted by atomic mass is 10.0. The highest BCUT2D eigenvalue weighted by molar-refractivity contribution is 7.89. The van der Waals surface area contributed by atoms with Crippen LogP contribution in [0.2, 0.25) is 0 Å². The van der Waals surface area contributed by atoms with E-state index in [2.05, 4.69) is 0 Å². The highest BCUT2D eigenvalue weighted by atomic mass is 32.2. The molecule has 1 aliphatic heterocycles. The summed E-state index contributed by atoms with van der Waals surface area (Å²) in [6.07, 6.45) is 2.94. The first kappa shape index (κ1) is 23.3. The minimum Gasteiger partial charge on any atom is -0.497 e. The number of benzene rings is 2. The maximum absolute atomic E-state index is 12.9. The summed E-state index contributed by atoms with van der Waals surface area (Å²) < 4.78 is 32.0. The van der Waals surface area contributed by atoms with Crippen LogP contribution in [0.15, 0.2) is 53.4 Å². The molecule has 1 unspecified atom stereocenters. The summed E-state index contributed by atoms with van der Waals surface area (Å²) >= 11 is 0. The van der Waals surface area contributed by atoms with Gasteiger partial charge >= 0.3 is 0 Å². The molecular weight excluding hydrogens is 412 g/mol. The van der Waals surface area contributed by atoms with Crippen molar-refractivity contribution in [1.82, 2.24) is 9.21 Å². The third kappa shape index (κ3) is 5.28. The Hall–Kier alpha value is -2.38. The summed E-state index contributed by atoms with van der Waals surface area (Å²) in [5, 5.41) is 0. The predicted octanol–water partition coefficient (Wildman–Crippen LogP) is 4.02. The quantitative estimate of drug-likeness (QED) is 0.586. The zero-order valence-electron chi connectivity index (χ0n) is 18.6. The van der Waals surface area contributed by atoms with Crippen molar-refractivity contribution < 1.29 is 17.9 Å². The fourth-order valence-electron chi connectivity index (χ4n) is 4.20. The molecule has 3 rings (SSSR count). The number of methoxy groups -OCH3 is 1. The zero-order chi connectivity index (χ0) is 22.4. The average molecular weight is 445 g/mol. The van der Waals surface area contributed by atoms with Gasteiger partial charge < -0.3 is 9.64 Å². The van der Waals surface area contributed by atoms with E-state index in [-0.39, 0.29) is 11.9 Å². The first-order chi connectivity index (χ1) is 14.9. The fourth-order valence-corrected chi connectivity index (χ4v) is 5.65. The molecule has 6 nitrogen and oxygen atoms in total. The molecule has 1 amide bonds. The number of rotatable bonds is 9. The molecule has 0 saturated carbocycles. The standard InChI is InChI=1S/C24H32N2O4S/c1-4-25(5-2)31(28,29)22-14-11-19(12-15-22)13-16-24(27)26-17-7-10-23(26)20-8-6-9-21(18-20)30-3/h6,8-9,11-12,14-15,18,23H,4-5,7,10,13,16-17H2,1-3H3. The number of ether oxygens (including phenoxy) is 1. The third-order valence-corrected chi connectivity index (χ3v) is 8.01. The molecule has 1 aliphatic rings. The van der Waals surface area contributed by atoms with Crippen LogP contribution in [-0.4, -0.2) is 50.3 Å². The van der Waals surface area contributed by atoms with Crippen LogP contribution >= 0.6 is 0 Å². The maximum Gasteiger partial charge on any atom is 0.243 e. The Morgan fingerprint density at radius 2 is 1.84 bits per heavy atom. The first-order valence-corrected chi connectivity index (χ1v) is 12.4. The molecule has 1 saturated heterocycles. The van der Waals surface area contributed by atoms with Gasteiger partial charge in [0.2, 0.25) is 15.9 Å². The fraction of sp³-hybridized carbons (Fsp3) is 0.458. The minimum atomic E-state index is -3.46. The van der Waals surface area contributed by atoms with Crippen LogP contribution in [0.4, 0.5) is 0 Å². The lowest BCUT2D eigenvalue weighted by molar-refractivity contribution is -0.132. The van der Waals surface area contributed by atoms with Crippen LogP contribution in [0.3, 0.4) is 0 Å². The number of aryl methyl sites for hydroxylation is 1. The highest BCUT2D eigenvalue weighted by Gasteiger charge is 2.29. The Balaban J connectivity index is 1.63. The van der Waals surface area contributed by atoms with E-state index in [0.29, 0.717) is 30.8 Å². The Bertz CT molecular complexity index is 985. The molecule has 0 radical (unpaired) electrons. The molecular formula is C24H32N2O4S. The van der Waals surface area contributed by atoms with E-state index >= 15 is 0 Å². The van der Waals surface area contributed by atoms with Gasteiger partial charge in [-0.15, -0.1) is 0 Å². The van der Waals surface area contributed by atoms with E-state index in [9.17, 15) is 13.2 Å². The largest absolute Gasteiger partial charge is 0.497 e. The maximum atomic E-state index is 12.9. The van der Waals surface area contributed by atoms with E-state index in [1.165, 1.54) is 4.31 Å². The van der Waals surface area contributed by atoms with Gasteiger partial charge in [-0.25, -0.2) is 8.42 Å². The number of sulfonamides is 1. The number of hydrogen-bond donors (Lipinski definition) is 0. The third-order valence-electron chi connectivity index (χ3n) is 5.95. The Morgan fingerprint density at radius 1 is 1.13 bits per heavy atom. The normalized spacial score (nSPS) is 16.6. The van der Waals surface area contributed by atoms with E-state index in [0.717, 1.165) is 36.3 Å². The Morgan fingerprint density at radius 3 is 2.48 bits per heavy atom. The zero-order valence-corrected chi connectivity index (χ0v) is 19.4. The monoisotopic (exact) mass is 444 g/mol. The lowest BCUT2D eigenvalue weighted by Gasteiger charge is -2.25.